The zero-order valence-electron chi connectivity index (χ0n) is 37.0. The van der Waals surface area contributed by atoms with Crippen LogP contribution in [-0.4, -0.2) is 74.8 Å². The van der Waals surface area contributed by atoms with Gasteiger partial charge in [0.25, 0.3) is 0 Å². The number of likely N-dealkylation sites (N-methyl/N-ethyl adjacent to an activating group) is 1. The topological polar surface area (TPSA) is 108 Å². The molecule has 0 amide bonds. The maximum Gasteiger partial charge on any atom is 0.472 e. The van der Waals surface area contributed by atoms with Crippen molar-refractivity contribution in [3.05, 3.63) is 0 Å². The SMILES string of the molecule is [2H]C([2H])(OP(=O)(O)OC[C@@H](COC(=O)CCCCCCCCCCCCCCC)OC(=O)CCCCCCCCCCCCCCC)C([2H])([2H])[N+](C)(C)C. The molecule has 1 N–H and O–H groups in total. The van der Waals surface area contributed by atoms with Gasteiger partial charge in [-0.2, -0.15) is 0 Å². The Balaban J connectivity index is 4.74. The summed E-state index contributed by atoms with van der Waals surface area (Å²) in [4.78, 5) is 35.5. The van der Waals surface area contributed by atoms with E-state index in [2.05, 4.69) is 18.4 Å². The van der Waals surface area contributed by atoms with Crippen LogP contribution in [0.25, 0.3) is 0 Å². The zero-order valence-corrected chi connectivity index (χ0v) is 33.9. The van der Waals surface area contributed by atoms with E-state index < -0.39 is 56.6 Å². The first-order chi connectivity index (χ1) is 25.5. The minimum Gasteiger partial charge on any atom is -0.462 e. The van der Waals surface area contributed by atoms with E-state index in [0.717, 1.165) is 38.5 Å². The van der Waals surface area contributed by atoms with E-state index in [1.54, 1.807) is 0 Å². The van der Waals surface area contributed by atoms with Crippen LogP contribution in [0.15, 0.2) is 0 Å². The Hall–Kier alpha value is -0.990. The number of hydrogen-bond acceptors (Lipinski definition) is 7. The smallest absolute Gasteiger partial charge is 0.462 e. The molecule has 0 aromatic carbocycles. The fraction of sp³-hybridized carbons (Fsp3) is 0.950. The van der Waals surface area contributed by atoms with Gasteiger partial charge in [0.2, 0.25) is 0 Å². The second kappa shape index (κ2) is 33.8. The molecule has 298 valence electrons. The van der Waals surface area contributed by atoms with E-state index in [9.17, 15) is 19.0 Å². The molecule has 2 atom stereocenters. The quantitative estimate of drug-likeness (QED) is 0.0289. The lowest BCUT2D eigenvalue weighted by Crippen LogP contribution is -2.37. The number of phosphoric acid groups is 1. The van der Waals surface area contributed by atoms with E-state index in [1.807, 2.05) is 0 Å². The van der Waals surface area contributed by atoms with Crippen LogP contribution in [0.2, 0.25) is 0 Å². The van der Waals surface area contributed by atoms with Crippen molar-refractivity contribution in [3.8, 4) is 0 Å². The second-order valence-corrected chi connectivity index (χ2v) is 16.2. The van der Waals surface area contributed by atoms with Gasteiger partial charge in [-0.3, -0.25) is 18.6 Å². The number of carbonyl (C=O) groups excluding carboxylic acids is 2. The van der Waals surface area contributed by atoms with Crippen LogP contribution in [0.5, 0.6) is 0 Å². The fourth-order valence-corrected chi connectivity index (χ4v) is 6.18. The van der Waals surface area contributed by atoms with Gasteiger partial charge in [0.05, 0.1) is 33.2 Å². The number of quaternary nitrogens is 1. The molecule has 0 aromatic rings. The Kier molecular flexibility index (Phi) is 28.2. The Morgan fingerprint density at radius 2 is 0.940 bits per heavy atom. The highest BCUT2D eigenvalue weighted by Gasteiger charge is 2.27. The van der Waals surface area contributed by atoms with Crippen LogP contribution in [-0.2, 0) is 32.7 Å². The van der Waals surface area contributed by atoms with Gasteiger partial charge in [0, 0.05) is 12.8 Å². The molecule has 0 aliphatic carbocycles. The number of esters is 2. The van der Waals surface area contributed by atoms with Crippen molar-refractivity contribution in [2.75, 3.05) is 47.4 Å². The van der Waals surface area contributed by atoms with Gasteiger partial charge < -0.3 is 18.9 Å². The number of ether oxygens (including phenoxy) is 2. The third kappa shape index (κ3) is 36.8. The molecular formula is C40H81NO8P+. The molecule has 0 bridgehead atoms. The maximum absolute atomic E-state index is 12.7. The van der Waals surface area contributed by atoms with Gasteiger partial charge in [-0.25, -0.2) is 4.57 Å². The summed E-state index contributed by atoms with van der Waals surface area (Å²) in [5, 5.41) is 0. The Bertz CT molecular complexity index is 999. The highest BCUT2D eigenvalue weighted by Crippen LogP contribution is 2.43. The van der Waals surface area contributed by atoms with Crippen LogP contribution in [0.1, 0.15) is 199 Å². The summed E-state index contributed by atoms with van der Waals surface area (Å²) < 4.78 is 65.0. The van der Waals surface area contributed by atoms with Crippen LogP contribution < -0.4 is 0 Å². The molecule has 50 heavy (non-hydrogen) atoms. The Morgan fingerprint density at radius 3 is 1.32 bits per heavy atom. The van der Waals surface area contributed by atoms with Crippen LogP contribution in [0.3, 0.4) is 0 Å². The van der Waals surface area contributed by atoms with E-state index >= 15 is 0 Å². The molecule has 1 unspecified atom stereocenters. The lowest BCUT2D eigenvalue weighted by atomic mass is 10.0. The molecular weight excluding hydrogens is 653 g/mol. The summed E-state index contributed by atoms with van der Waals surface area (Å²) in [5.41, 5.74) is 0. The molecule has 10 heteroatoms. The molecule has 0 fully saturated rings. The minimum absolute atomic E-state index is 0.126. The van der Waals surface area contributed by atoms with Crippen molar-refractivity contribution in [2.45, 2.75) is 200 Å². The number of carbonyl (C=O) groups is 2. The normalized spacial score (nSPS) is 15.4. The molecule has 0 aliphatic rings. The Morgan fingerprint density at radius 1 is 0.580 bits per heavy atom. The number of phosphoric ester groups is 1. The molecule has 0 heterocycles. The van der Waals surface area contributed by atoms with Gasteiger partial charge in [-0.15, -0.1) is 0 Å². The lowest BCUT2D eigenvalue weighted by Gasteiger charge is -2.24. The third-order valence-electron chi connectivity index (χ3n) is 8.66. The fourth-order valence-electron chi connectivity index (χ4n) is 5.61. The van der Waals surface area contributed by atoms with Crippen molar-refractivity contribution >= 4 is 19.8 Å². The van der Waals surface area contributed by atoms with Crippen LogP contribution in [0, 0.1) is 0 Å². The zero-order chi connectivity index (χ0) is 40.8. The average Bonchev–Trinajstić information content (AvgIpc) is 3.09. The van der Waals surface area contributed by atoms with E-state index in [0.29, 0.717) is 12.8 Å². The number of unbranched alkanes of at least 4 members (excludes halogenated alkanes) is 24. The van der Waals surface area contributed by atoms with Gasteiger partial charge in [0.1, 0.15) is 19.7 Å². The first-order valence-corrected chi connectivity index (χ1v) is 21.8. The van der Waals surface area contributed by atoms with E-state index in [-0.39, 0.29) is 12.8 Å². The summed E-state index contributed by atoms with van der Waals surface area (Å²) in [6.07, 6.45) is 29.7. The summed E-state index contributed by atoms with van der Waals surface area (Å²) in [7, 11) is -1.04. The molecule has 0 saturated heterocycles. The van der Waals surface area contributed by atoms with Crippen LogP contribution in [0.4, 0.5) is 0 Å². The average molecular weight is 739 g/mol. The Labute approximate surface area is 314 Å². The van der Waals surface area contributed by atoms with Gasteiger partial charge in [0.15, 0.2) is 6.10 Å². The first kappa shape index (κ1) is 41.8. The molecule has 0 spiro atoms. The van der Waals surface area contributed by atoms with Crippen molar-refractivity contribution in [3.63, 3.8) is 0 Å². The maximum atomic E-state index is 12.7. The monoisotopic (exact) mass is 739 g/mol. The highest BCUT2D eigenvalue weighted by atomic mass is 31.2. The number of hydrogen-bond donors (Lipinski definition) is 1. The second-order valence-electron chi connectivity index (χ2n) is 14.9. The van der Waals surface area contributed by atoms with E-state index in [1.165, 1.54) is 137 Å². The summed E-state index contributed by atoms with van der Waals surface area (Å²) in [5.74, 6) is -1.05. The van der Waals surface area contributed by atoms with E-state index in [4.69, 9.17) is 19.5 Å². The largest absolute Gasteiger partial charge is 0.472 e. The molecule has 0 saturated carbocycles. The molecule has 0 aromatic heterocycles. The van der Waals surface area contributed by atoms with Crippen LogP contribution >= 0.6 is 7.82 Å². The molecule has 0 radical (unpaired) electrons. The van der Waals surface area contributed by atoms with Crippen molar-refractivity contribution in [2.24, 2.45) is 0 Å². The first-order valence-electron chi connectivity index (χ1n) is 22.3. The van der Waals surface area contributed by atoms with Crippen molar-refractivity contribution in [1.29, 1.82) is 0 Å². The summed E-state index contributed by atoms with van der Waals surface area (Å²) >= 11 is 0. The summed E-state index contributed by atoms with van der Waals surface area (Å²) in [6, 6.07) is 0. The number of nitrogens with zero attached hydrogens (tertiary/aromatic N) is 1. The van der Waals surface area contributed by atoms with Gasteiger partial charge >= 0.3 is 19.8 Å². The summed E-state index contributed by atoms with van der Waals surface area (Å²) in [6.45, 7) is -2.60. The van der Waals surface area contributed by atoms with Crippen molar-refractivity contribution in [1.82, 2.24) is 0 Å². The highest BCUT2D eigenvalue weighted by molar-refractivity contribution is 7.47. The number of rotatable bonds is 38. The van der Waals surface area contributed by atoms with Gasteiger partial charge in [-0.1, -0.05) is 168 Å². The third-order valence-corrected chi connectivity index (χ3v) is 9.46. The van der Waals surface area contributed by atoms with Crippen molar-refractivity contribution < 1.29 is 47.5 Å². The minimum atomic E-state index is -5.18. The molecule has 0 rings (SSSR count). The predicted octanol–water partition coefficient (Wildman–Crippen LogP) is 11.2. The lowest BCUT2D eigenvalue weighted by molar-refractivity contribution is -0.870. The molecule has 9 nitrogen and oxygen atoms in total. The predicted molar refractivity (Wildman–Crippen MR) is 206 cm³/mol. The molecule has 0 aliphatic heterocycles. The standard InChI is InChI=1S/C40H80NO8P/c1-6-8-10-12-14-16-18-20-22-24-26-28-30-32-39(42)46-36-38(37-48-50(44,45)47-35-34-41(3,4)5)49-40(43)33-31-29-27-25-23-21-19-17-15-13-11-9-7-2/h38H,6-37H2,1-5H3/p+1/t38-/m1/s1/i34D2,35D2. The van der Waals surface area contributed by atoms with Gasteiger partial charge in [-0.05, 0) is 12.8 Å².